The first-order chi connectivity index (χ1) is 7.27. The van der Waals surface area contributed by atoms with Crippen LogP contribution in [-0.2, 0) is 0 Å². The maximum absolute atomic E-state index is 11.1. The minimum Gasteiger partial charge on any atom is -0.478 e. The van der Waals surface area contributed by atoms with E-state index in [1.165, 1.54) is 0 Å². The second-order valence-corrected chi connectivity index (χ2v) is 3.61. The molecule has 0 aliphatic heterocycles. The van der Waals surface area contributed by atoms with E-state index in [2.05, 4.69) is 0 Å². The van der Waals surface area contributed by atoms with Crippen LogP contribution in [0, 0.1) is 0 Å². The predicted molar refractivity (Wildman–Crippen MR) is 57.8 cm³/mol. The van der Waals surface area contributed by atoms with Crippen molar-refractivity contribution in [3.63, 3.8) is 0 Å². The monoisotopic (exact) mass is 196 g/mol. The van der Waals surface area contributed by atoms with Gasteiger partial charge in [-0.3, -0.25) is 0 Å². The average Bonchev–Trinajstić information content (AvgIpc) is 2.51. The van der Waals surface area contributed by atoms with Gasteiger partial charge in [-0.25, -0.2) is 4.79 Å². The molecule has 2 nitrogen and oxygen atoms in total. The number of hydrogen-bond acceptors (Lipinski definition) is 1. The zero-order valence-corrected chi connectivity index (χ0v) is 7.90. The van der Waals surface area contributed by atoms with Gasteiger partial charge < -0.3 is 5.11 Å². The van der Waals surface area contributed by atoms with Gasteiger partial charge in [-0.05, 0) is 28.8 Å². The fourth-order valence-electron chi connectivity index (χ4n) is 2.12. The Labute approximate surface area is 86.8 Å². The van der Waals surface area contributed by atoms with Gasteiger partial charge in [0.1, 0.15) is 0 Å². The zero-order chi connectivity index (χ0) is 10.4. The van der Waals surface area contributed by atoms with Crippen molar-refractivity contribution in [2.45, 2.75) is 0 Å². The van der Waals surface area contributed by atoms with Crippen molar-refractivity contribution in [1.29, 1.82) is 0 Å². The van der Waals surface area contributed by atoms with Gasteiger partial charge in [0.05, 0.1) is 5.56 Å². The van der Waals surface area contributed by atoms with E-state index >= 15 is 0 Å². The topological polar surface area (TPSA) is 37.3 Å². The Morgan fingerprint density at radius 2 is 1.73 bits per heavy atom. The van der Waals surface area contributed by atoms with E-state index in [1.54, 1.807) is 12.1 Å². The van der Waals surface area contributed by atoms with E-state index < -0.39 is 5.97 Å². The highest BCUT2D eigenvalue weighted by molar-refractivity contribution is 6.04. The molecule has 1 N–H and O–H groups in total. The lowest BCUT2D eigenvalue weighted by Gasteiger charge is -2.04. The van der Waals surface area contributed by atoms with Gasteiger partial charge in [-0.1, -0.05) is 30.3 Å². The molecule has 2 aromatic carbocycles. The summed E-state index contributed by atoms with van der Waals surface area (Å²) in [6.07, 6.45) is 0. The molecule has 0 spiro atoms. The molecule has 3 rings (SSSR count). The summed E-state index contributed by atoms with van der Waals surface area (Å²) in [5.74, 6) is -0.866. The van der Waals surface area contributed by atoms with Gasteiger partial charge in [0.15, 0.2) is 0 Å². The molecule has 1 aliphatic carbocycles. The molecular formula is C13H8O2. The molecule has 2 heteroatoms. The normalized spacial score (nSPS) is 11.2. The highest BCUT2D eigenvalue weighted by Crippen LogP contribution is 2.41. The average molecular weight is 196 g/mol. The molecule has 0 heterocycles. The Hall–Kier alpha value is -2.09. The third kappa shape index (κ3) is 1.02. The summed E-state index contributed by atoms with van der Waals surface area (Å²) in [6.45, 7) is 0. The van der Waals surface area contributed by atoms with Crippen molar-refractivity contribution in [1.82, 2.24) is 0 Å². The van der Waals surface area contributed by atoms with Gasteiger partial charge >= 0.3 is 5.97 Å². The van der Waals surface area contributed by atoms with Crippen LogP contribution in [0.3, 0.4) is 0 Å². The molecular weight excluding hydrogens is 188 g/mol. The molecule has 0 atom stereocenters. The second-order valence-electron chi connectivity index (χ2n) is 3.61. The van der Waals surface area contributed by atoms with Crippen molar-refractivity contribution in [2.24, 2.45) is 0 Å². The van der Waals surface area contributed by atoms with E-state index in [1.807, 2.05) is 30.3 Å². The predicted octanol–water partition coefficient (Wildman–Crippen LogP) is 3.03. The maximum atomic E-state index is 11.1. The summed E-state index contributed by atoms with van der Waals surface area (Å²) in [7, 11) is 0. The molecule has 0 amide bonds. The Balaban J connectivity index is 2.40. The number of aromatic carboxylic acids is 1. The number of rotatable bonds is 1. The fraction of sp³-hybridized carbons (Fsp3) is 0. The first-order valence-electron chi connectivity index (χ1n) is 4.74. The summed E-state index contributed by atoms with van der Waals surface area (Å²) < 4.78 is 0. The number of carboxylic acid groups (broad SMARTS) is 1. The number of benzene rings is 2. The van der Waals surface area contributed by atoms with Crippen molar-refractivity contribution >= 4 is 5.97 Å². The highest BCUT2D eigenvalue weighted by atomic mass is 16.4. The minimum atomic E-state index is -0.866. The summed E-state index contributed by atoms with van der Waals surface area (Å²) in [4.78, 5) is 11.1. The van der Waals surface area contributed by atoms with E-state index in [4.69, 9.17) is 5.11 Å². The van der Waals surface area contributed by atoms with Crippen molar-refractivity contribution in [3.8, 4) is 22.3 Å². The zero-order valence-electron chi connectivity index (χ0n) is 7.90. The smallest absolute Gasteiger partial charge is 0.336 e. The lowest BCUT2D eigenvalue weighted by Crippen LogP contribution is -1.98. The number of carboxylic acids is 1. The SMILES string of the molecule is O=C(O)c1cccc2c1-c1cccc-2c1. The van der Waals surface area contributed by atoms with Crippen LogP contribution >= 0.6 is 0 Å². The molecule has 72 valence electrons. The van der Waals surface area contributed by atoms with Crippen LogP contribution in [0.4, 0.5) is 0 Å². The number of hydrogen-bond donors (Lipinski definition) is 1. The standard InChI is InChI=1S/C13H8O2/c14-13(15)11-6-2-5-10-8-3-1-4-9(7-8)12(10)11/h1-7H,(H,14,15). The first-order valence-corrected chi connectivity index (χ1v) is 4.74. The molecule has 0 fully saturated rings. The maximum Gasteiger partial charge on any atom is 0.336 e. The first kappa shape index (κ1) is 8.24. The summed E-state index contributed by atoms with van der Waals surface area (Å²) >= 11 is 0. The highest BCUT2D eigenvalue weighted by Gasteiger charge is 2.21. The second kappa shape index (κ2) is 2.70. The third-order valence-electron chi connectivity index (χ3n) is 2.76. The van der Waals surface area contributed by atoms with Crippen LogP contribution < -0.4 is 0 Å². The quantitative estimate of drug-likeness (QED) is 0.649. The Morgan fingerprint density at radius 1 is 1.00 bits per heavy atom. The molecule has 15 heavy (non-hydrogen) atoms. The van der Waals surface area contributed by atoms with Crippen LogP contribution in [0.1, 0.15) is 10.4 Å². The Morgan fingerprint density at radius 3 is 2.53 bits per heavy atom. The molecule has 2 bridgehead atoms. The molecule has 0 saturated carbocycles. The third-order valence-corrected chi connectivity index (χ3v) is 2.76. The summed E-state index contributed by atoms with van der Waals surface area (Å²) in [5, 5.41) is 9.10. The lowest BCUT2D eigenvalue weighted by molar-refractivity contribution is 0.0698. The molecule has 0 unspecified atom stereocenters. The van der Waals surface area contributed by atoms with Crippen molar-refractivity contribution in [3.05, 3.63) is 48.0 Å². The van der Waals surface area contributed by atoms with Crippen LogP contribution in [0.2, 0.25) is 0 Å². The number of carbonyl (C=O) groups is 1. The van der Waals surface area contributed by atoms with E-state index in [-0.39, 0.29) is 0 Å². The fourth-order valence-corrected chi connectivity index (χ4v) is 2.12. The van der Waals surface area contributed by atoms with E-state index in [9.17, 15) is 4.79 Å². The van der Waals surface area contributed by atoms with Gasteiger partial charge in [0.25, 0.3) is 0 Å². The minimum absolute atomic E-state index is 0.383. The van der Waals surface area contributed by atoms with Crippen LogP contribution in [0.25, 0.3) is 22.3 Å². The largest absolute Gasteiger partial charge is 0.478 e. The van der Waals surface area contributed by atoms with Crippen LogP contribution in [-0.4, -0.2) is 11.1 Å². The number of fused-ring (bicyclic) bond motifs is 5. The molecule has 0 aromatic heterocycles. The van der Waals surface area contributed by atoms with Gasteiger partial charge in [-0.2, -0.15) is 0 Å². The Bertz CT molecular complexity index is 570. The van der Waals surface area contributed by atoms with Crippen LogP contribution in [0.15, 0.2) is 42.5 Å². The molecule has 1 aliphatic rings. The summed E-state index contributed by atoms with van der Waals surface area (Å²) in [5.41, 5.74) is 4.36. The van der Waals surface area contributed by atoms with Crippen LogP contribution in [0.5, 0.6) is 0 Å². The van der Waals surface area contributed by atoms with Gasteiger partial charge in [-0.15, -0.1) is 0 Å². The lowest BCUT2D eigenvalue weighted by atomic mass is 10.00. The van der Waals surface area contributed by atoms with E-state index in [0.717, 1.165) is 22.3 Å². The molecule has 0 saturated heterocycles. The molecule has 2 aromatic rings. The molecule has 0 radical (unpaired) electrons. The summed E-state index contributed by atoms with van der Waals surface area (Å²) in [6, 6.07) is 13.3. The van der Waals surface area contributed by atoms with E-state index in [0.29, 0.717) is 5.56 Å². The van der Waals surface area contributed by atoms with Crippen molar-refractivity contribution in [2.75, 3.05) is 0 Å². The van der Waals surface area contributed by atoms with Crippen molar-refractivity contribution < 1.29 is 9.90 Å². The van der Waals surface area contributed by atoms with Gasteiger partial charge in [0.2, 0.25) is 0 Å². The Kier molecular flexibility index (Phi) is 1.48. The van der Waals surface area contributed by atoms with Gasteiger partial charge in [0, 0.05) is 5.56 Å².